The van der Waals surface area contributed by atoms with Gasteiger partial charge < -0.3 is 21.8 Å². The van der Waals surface area contributed by atoms with E-state index in [0.717, 1.165) is 12.0 Å². The van der Waals surface area contributed by atoms with Gasteiger partial charge in [0.15, 0.2) is 5.82 Å². The van der Waals surface area contributed by atoms with Crippen molar-refractivity contribution in [2.45, 2.75) is 18.5 Å². The van der Waals surface area contributed by atoms with Crippen molar-refractivity contribution in [2.24, 2.45) is 5.73 Å². The largest absolute Gasteiger partial charge is 0.391 e. The number of rotatable bonds is 2. The van der Waals surface area contributed by atoms with Gasteiger partial charge in [-0.15, -0.1) is 0 Å². The van der Waals surface area contributed by atoms with Crippen molar-refractivity contribution in [3.8, 4) is 0 Å². The minimum Gasteiger partial charge on any atom is -0.391 e. The summed E-state index contributed by atoms with van der Waals surface area (Å²) in [5.74, 6) is 0.376. The lowest BCUT2D eigenvalue weighted by molar-refractivity contribution is 0.623. The number of nitrogen functional groups attached to an aromatic ring is 1. The van der Waals surface area contributed by atoms with Gasteiger partial charge in [-0.25, -0.2) is 4.98 Å². The highest BCUT2D eigenvalue weighted by Gasteiger charge is 2.30. The number of aromatic nitrogens is 2. The van der Waals surface area contributed by atoms with E-state index in [1.165, 1.54) is 11.9 Å². The number of hydrogen-bond acceptors (Lipinski definition) is 5. The maximum Gasteiger partial charge on any atom is 0.276 e. The van der Waals surface area contributed by atoms with E-state index in [9.17, 15) is 4.79 Å². The zero-order chi connectivity index (χ0) is 13.4. The zero-order valence-electron chi connectivity index (χ0n) is 10.3. The predicted octanol–water partition coefficient (Wildman–Crippen LogP) is 0.389. The Kier molecular flexibility index (Phi) is 2.72. The molecular weight excluding hydrogens is 242 g/mol. The first-order valence-corrected chi connectivity index (χ1v) is 6.10. The first kappa shape index (κ1) is 11.7. The molecule has 1 aromatic heterocycles. The normalized spacial score (nSPS) is 21.1. The Morgan fingerprint density at radius 1 is 1.37 bits per heavy atom. The first-order valence-electron chi connectivity index (χ1n) is 6.10. The standard InChI is InChI=1S/C13H15N5O/c14-9-5-7-3-1-2-4-8(7)11(9)18-12-10(15)13(19)17-6-16-12/h1-4,6,9,11H,5,14-15H2,(H2,16,17,18,19). The van der Waals surface area contributed by atoms with Crippen molar-refractivity contribution >= 4 is 11.5 Å². The smallest absolute Gasteiger partial charge is 0.276 e. The highest BCUT2D eigenvalue weighted by Crippen LogP contribution is 2.33. The van der Waals surface area contributed by atoms with Gasteiger partial charge in [-0.05, 0) is 17.5 Å². The first-order chi connectivity index (χ1) is 9.16. The van der Waals surface area contributed by atoms with Crippen molar-refractivity contribution < 1.29 is 0 Å². The number of H-pyrrole nitrogens is 1. The molecule has 6 nitrogen and oxygen atoms in total. The minimum atomic E-state index is -0.350. The van der Waals surface area contributed by atoms with Crippen LogP contribution in [0.3, 0.4) is 0 Å². The van der Waals surface area contributed by atoms with Gasteiger partial charge in [0.25, 0.3) is 5.56 Å². The van der Waals surface area contributed by atoms with E-state index in [1.807, 2.05) is 18.2 Å². The van der Waals surface area contributed by atoms with Crippen molar-refractivity contribution in [1.29, 1.82) is 0 Å². The quantitative estimate of drug-likeness (QED) is 0.622. The summed E-state index contributed by atoms with van der Waals surface area (Å²) in [6.07, 6.45) is 2.13. The van der Waals surface area contributed by atoms with Crippen LogP contribution in [-0.4, -0.2) is 16.0 Å². The molecule has 0 fully saturated rings. The van der Waals surface area contributed by atoms with Crippen LogP contribution in [0.15, 0.2) is 35.4 Å². The number of nitrogens with two attached hydrogens (primary N) is 2. The fourth-order valence-electron chi connectivity index (χ4n) is 2.48. The third-order valence-electron chi connectivity index (χ3n) is 3.46. The molecule has 0 bridgehead atoms. The lowest BCUT2D eigenvalue weighted by Crippen LogP contribution is -2.31. The molecule has 0 aliphatic heterocycles. The fourth-order valence-corrected chi connectivity index (χ4v) is 2.48. The van der Waals surface area contributed by atoms with Gasteiger partial charge in [0.1, 0.15) is 5.69 Å². The molecule has 98 valence electrons. The molecule has 0 spiro atoms. The average Bonchev–Trinajstić information content (AvgIpc) is 2.72. The van der Waals surface area contributed by atoms with Crippen molar-refractivity contribution in [1.82, 2.24) is 9.97 Å². The van der Waals surface area contributed by atoms with E-state index in [4.69, 9.17) is 11.5 Å². The van der Waals surface area contributed by atoms with Crippen LogP contribution in [0.25, 0.3) is 0 Å². The van der Waals surface area contributed by atoms with Gasteiger partial charge in [-0.2, -0.15) is 0 Å². The minimum absolute atomic E-state index is 0.0575. The molecule has 1 heterocycles. The fraction of sp³-hybridized carbons (Fsp3) is 0.231. The van der Waals surface area contributed by atoms with E-state index < -0.39 is 0 Å². The van der Waals surface area contributed by atoms with E-state index in [2.05, 4.69) is 21.4 Å². The topological polar surface area (TPSA) is 110 Å². The van der Waals surface area contributed by atoms with E-state index in [-0.39, 0.29) is 23.3 Å². The summed E-state index contributed by atoms with van der Waals surface area (Å²) < 4.78 is 0. The highest BCUT2D eigenvalue weighted by atomic mass is 16.1. The van der Waals surface area contributed by atoms with Crippen LogP contribution in [0, 0.1) is 0 Å². The molecule has 19 heavy (non-hydrogen) atoms. The van der Waals surface area contributed by atoms with Crippen molar-refractivity contribution in [3.05, 3.63) is 52.1 Å². The third kappa shape index (κ3) is 1.96. The molecular formula is C13H15N5O. The Bertz CT molecular complexity index is 666. The van der Waals surface area contributed by atoms with Gasteiger partial charge in [0.05, 0.1) is 12.4 Å². The van der Waals surface area contributed by atoms with E-state index >= 15 is 0 Å². The number of anilines is 2. The maximum atomic E-state index is 11.4. The zero-order valence-corrected chi connectivity index (χ0v) is 10.3. The molecule has 2 unspecified atom stereocenters. The predicted molar refractivity (Wildman–Crippen MR) is 73.8 cm³/mol. The van der Waals surface area contributed by atoms with Crippen LogP contribution in [0.5, 0.6) is 0 Å². The number of hydrogen-bond donors (Lipinski definition) is 4. The number of aromatic amines is 1. The molecule has 0 amide bonds. The van der Waals surface area contributed by atoms with Gasteiger partial charge in [-0.3, -0.25) is 4.79 Å². The van der Waals surface area contributed by atoms with Gasteiger partial charge >= 0.3 is 0 Å². The number of nitrogens with zero attached hydrogens (tertiary/aromatic N) is 1. The van der Waals surface area contributed by atoms with Gasteiger partial charge in [0.2, 0.25) is 0 Å². The van der Waals surface area contributed by atoms with Crippen LogP contribution in [0.4, 0.5) is 11.5 Å². The van der Waals surface area contributed by atoms with Crippen LogP contribution in [0.2, 0.25) is 0 Å². The molecule has 6 N–H and O–H groups in total. The summed E-state index contributed by atoms with van der Waals surface area (Å²) in [6, 6.07) is 7.92. The Hall–Kier alpha value is -2.34. The second-order valence-electron chi connectivity index (χ2n) is 4.68. The number of nitrogens with one attached hydrogen (secondary N) is 2. The van der Waals surface area contributed by atoms with Crippen molar-refractivity contribution in [3.63, 3.8) is 0 Å². The molecule has 3 rings (SSSR count). The second-order valence-corrected chi connectivity index (χ2v) is 4.68. The van der Waals surface area contributed by atoms with Crippen LogP contribution >= 0.6 is 0 Å². The number of fused-ring (bicyclic) bond motifs is 1. The van der Waals surface area contributed by atoms with Crippen molar-refractivity contribution in [2.75, 3.05) is 11.1 Å². The molecule has 2 aromatic rings. The molecule has 0 saturated heterocycles. The van der Waals surface area contributed by atoms with Crippen LogP contribution in [0.1, 0.15) is 17.2 Å². The van der Waals surface area contributed by atoms with Gasteiger partial charge in [-0.1, -0.05) is 24.3 Å². The Morgan fingerprint density at radius 3 is 3.00 bits per heavy atom. The summed E-state index contributed by atoms with van der Waals surface area (Å²) in [7, 11) is 0. The van der Waals surface area contributed by atoms with Crippen LogP contribution < -0.4 is 22.3 Å². The Labute approximate surface area is 109 Å². The average molecular weight is 257 g/mol. The lowest BCUT2D eigenvalue weighted by Gasteiger charge is -2.19. The SMILES string of the molecule is Nc1c(NC2c3ccccc3CC2N)nc[nH]c1=O. The van der Waals surface area contributed by atoms with E-state index in [0.29, 0.717) is 5.82 Å². The highest BCUT2D eigenvalue weighted by molar-refractivity contribution is 5.61. The third-order valence-corrected chi connectivity index (χ3v) is 3.46. The van der Waals surface area contributed by atoms with E-state index in [1.54, 1.807) is 0 Å². The summed E-state index contributed by atoms with van der Waals surface area (Å²) in [4.78, 5) is 17.9. The molecule has 2 atom stereocenters. The Morgan fingerprint density at radius 2 is 2.16 bits per heavy atom. The van der Waals surface area contributed by atoms with Gasteiger partial charge in [0, 0.05) is 6.04 Å². The van der Waals surface area contributed by atoms with Crippen LogP contribution in [-0.2, 0) is 6.42 Å². The molecule has 1 aliphatic carbocycles. The second kappa shape index (κ2) is 4.40. The maximum absolute atomic E-state index is 11.4. The summed E-state index contributed by atoms with van der Waals surface area (Å²) in [5.41, 5.74) is 14.0. The monoisotopic (exact) mass is 257 g/mol. The lowest BCUT2D eigenvalue weighted by atomic mass is 10.1. The Balaban J connectivity index is 1.96. The summed E-state index contributed by atoms with van der Waals surface area (Å²) >= 11 is 0. The molecule has 1 aliphatic rings. The molecule has 1 aromatic carbocycles. The molecule has 0 radical (unpaired) electrons. The summed E-state index contributed by atoms with van der Waals surface area (Å²) in [6.45, 7) is 0. The summed E-state index contributed by atoms with van der Waals surface area (Å²) in [5, 5.41) is 3.17. The molecule has 6 heteroatoms. The number of benzene rings is 1. The molecule has 0 saturated carbocycles.